The Morgan fingerprint density at radius 3 is 2.18 bits per heavy atom. The number of carbonyl (C=O) groups is 3. The minimum Gasteiger partial charge on any atom is -0.444 e. The average molecular weight is 461 g/mol. The number of hydrogen-bond donors (Lipinski definition) is 4. The maximum atomic E-state index is 12.9. The third-order valence-electron chi connectivity index (χ3n) is 4.43. The van der Waals surface area contributed by atoms with Crippen molar-refractivity contribution in [2.75, 3.05) is 13.1 Å². The van der Waals surface area contributed by atoms with E-state index in [2.05, 4.69) is 20.9 Å². The summed E-state index contributed by atoms with van der Waals surface area (Å²) in [5, 5.41) is 9.15. The van der Waals surface area contributed by atoms with Crippen LogP contribution < -0.4 is 16.0 Å². The van der Waals surface area contributed by atoms with E-state index in [4.69, 9.17) is 9.47 Å². The molecular weight excluding hydrogens is 424 g/mol. The van der Waals surface area contributed by atoms with E-state index >= 15 is 0 Å². The van der Waals surface area contributed by atoms with Crippen LogP contribution in [0.15, 0.2) is 30.5 Å². The summed E-state index contributed by atoms with van der Waals surface area (Å²) in [6, 6.07) is 6.95. The molecule has 0 spiro atoms. The number of hydrogen-bond acceptors (Lipinski definition) is 5. The molecule has 0 bridgehead atoms. The Bertz CT molecular complexity index is 956. The monoisotopic (exact) mass is 460 g/mol. The van der Waals surface area contributed by atoms with Gasteiger partial charge in [-0.3, -0.25) is 4.79 Å². The first kappa shape index (κ1) is 26.0. The summed E-state index contributed by atoms with van der Waals surface area (Å²) in [5.74, 6) is -0.330. The second-order valence-electron chi connectivity index (χ2n) is 9.84. The van der Waals surface area contributed by atoms with Crippen molar-refractivity contribution in [3.63, 3.8) is 0 Å². The van der Waals surface area contributed by atoms with Gasteiger partial charge in [-0.25, -0.2) is 9.59 Å². The Morgan fingerprint density at radius 1 is 0.909 bits per heavy atom. The van der Waals surface area contributed by atoms with E-state index in [1.807, 2.05) is 30.5 Å². The Balaban J connectivity index is 1.95. The largest absolute Gasteiger partial charge is 0.444 e. The smallest absolute Gasteiger partial charge is 0.408 e. The normalized spacial score (nSPS) is 12.7. The molecule has 0 aliphatic rings. The number of benzene rings is 1. The van der Waals surface area contributed by atoms with Crippen molar-refractivity contribution in [3.05, 3.63) is 36.0 Å². The fraction of sp³-hybridized carbons (Fsp3) is 0.542. The van der Waals surface area contributed by atoms with Gasteiger partial charge < -0.3 is 30.4 Å². The van der Waals surface area contributed by atoms with Crippen LogP contribution in [0.4, 0.5) is 9.59 Å². The van der Waals surface area contributed by atoms with Gasteiger partial charge in [0.05, 0.1) is 0 Å². The summed E-state index contributed by atoms with van der Waals surface area (Å²) in [4.78, 5) is 40.1. The lowest BCUT2D eigenvalue weighted by atomic mass is 10.0. The van der Waals surface area contributed by atoms with Crippen molar-refractivity contribution in [3.8, 4) is 0 Å². The van der Waals surface area contributed by atoms with Gasteiger partial charge in [-0.15, -0.1) is 0 Å². The van der Waals surface area contributed by atoms with E-state index in [9.17, 15) is 14.4 Å². The molecule has 1 aromatic heterocycles. The zero-order valence-electron chi connectivity index (χ0n) is 20.3. The van der Waals surface area contributed by atoms with Crippen LogP contribution in [0.1, 0.15) is 53.5 Å². The van der Waals surface area contributed by atoms with Gasteiger partial charge in [0.15, 0.2) is 0 Å². The number of amides is 3. The van der Waals surface area contributed by atoms with Crippen LogP contribution in [0, 0.1) is 0 Å². The van der Waals surface area contributed by atoms with Crippen molar-refractivity contribution in [2.45, 2.75) is 71.6 Å². The van der Waals surface area contributed by atoms with Crippen molar-refractivity contribution in [1.82, 2.24) is 20.9 Å². The van der Waals surface area contributed by atoms with Gasteiger partial charge in [-0.1, -0.05) is 18.2 Å². The highest BCUT2D eigenvalue weighted by Gasteiger charge is 2.25. The minimum absolute atomic E-state index is 0.297. The molecule has 0 aliphatic heterocycles. The molecule has 1 atom stereocenters. The number of nitrogens with one attached hydrogen (secondary N) is 4. The second-order valence-corrected chi connectivity index (χ2v) is 9.84. The number of ether oxygens (including phenoxy) is 2. The van der Waals surface area contributed by atoms with Crippen LogP contribution in [-0.2, 0) is 20.7 Å². The molecule has 0 aliphatic carbocycles. The van der Waals surface area contributed by atoms with E-state index < -0.39 is 29.4 Å². The Hall–Kier alpha value is -3.23. The zero-order valence-corrected chi connectivity index (χ0v) is 20.3. The fourth-order valence-corrected chi connectivity index (χ4v) is 3.11. The Kier molecular flexibility index (Phi) is 8.73. The summed E-state index contributed by atoms with van der Waals surface area (Å²) in [6.07, 6.45) is 1.49. The minimum atomic E-state index is -0.821. The standard InChI is InChI=1S/C24H36N4O5/c1-23(2,3)32-21(30)26-13-9-12-25-20(29)19(28-22(31)33-24(4,5)6)14-16-15-27-18-11-8-7-10-17(16)18/h7-8,10-11,15,19,27H,9,12-14H2,1-6H3,(H,25,29)(H,26,30)(H,28,31). The van der Waals surface area contributed by atoms with Gasteiger partial charge in [0.1, 0.15) is 17.2 Å². The highest BCUT2D eigenvalue weighted by molar-refractivity contribution is 5.88. The van der Waals surface area contributed by atoms with Gasteiger partial charge >= 0.3 is 12.2 Å². The maximum absolute atomic E-state index is 12.9. The summed E-state index contributed by atoms with van der Waals surface area (Å²) in [6.45, 7) is 11.3. The molecule has 1 unspecified atom stereocenters. The van der Waals surface area contributed by atoms with Crippen molar-refractivity contribution >= 4 is 29.0 Å². The summed E-state index contributed by atoms with van der Waals surface area (Å²) in [5.41, 5.74) is 0.617. The topological polar surface area (TPSA) is 122 Å². The van der Waals surface area contributed by atoms with E-state index in [0.717, 1.165) is 16.5 Å². The van der Waals surface area contributed by atoms with Crippen LogP contribution in [-0.4, -0.2) is 53.4 Å². The van der Waals surface area contributed by atoms with E-state index in [1.54, 1.807) is 41.5 Å². The van der Waals surface area contributed by atoms with Gasteiger partial charge in [-0.05, 0) is 59.6 Å². The van der Waals surface area contributed by atoms with Crippen LogP contribution in [0.25, 0.3) is 10.9 Å². The molecule has 0 saturated carbocycles. The molecule has 1 heterocycles. The molecule has 3 amide bonds. The quantitative estimate of drug-likeness (QED) is 0.448. The molecule has 4 N–H and O–H groups in total. The number of alkyl carbamates (subject to hydrolysis) is 2. The zero-order chi connectivity index (χ0) is 24.6. The van der Waals surface area contributed by atoms with Gasteiger partial charge in [0.25, 0.3) is 0 Å². The lowest BCUT2D eigenvalue weighted by Crippen LogP contribution is -2.49. The van der Waals surface area contributed by atoms with Crippen LogP contribution in [0.3, 0.4) is 0 Å². The third-order valence-corrected chi connectivity index (χ3v) is 4.43. The predicted molar refractivity (Wildman–Crippen MR) is 127 cm³/mol. The molecule has 0 radical (unpaired) electrons. The number of carbonyl (C=O) groups excluding carboxylic acids is 3. The molecule has 33 heavy (non-hydrogen) atoms. The molecular formula is C24H36N4O5. The molecule has 2 rings (SSSR count). The van der Waals surface area contributed by atoms with Crippen LogP contribution in [0.2, 0.25) is 0 Å². The van der Waals surface area contributed by atoms with Gasteiger partial charge in [0.2, 0.25) is 5.91 Å². The molecule has 9 heteroatoms. The average Bonchev–Trinajstić information content (AvgIpc) is 3.07. The lowest BCUT2D eigenvalue weighted by Gasteiger charge is -2.23. The van der Waals surface area contributed by atoms with Crippen molar-refractivity contribution in [1.29, 1.82) is 0 Å². The molecule has 9 nitrogen and oxygen atoms in total. The molecule has 2 aromatic rings. The number of H-pyrrole nitrogens is 1. The van der Waals surface area contributed by atoms with E-state index in [1.165, 1.54) is 0 Å². The van der Waals surface area contributed by atoms with E-state index in [0.29, 0.717) is 25.9 Å². The van der Waals surface area contributed by atoms with Crippen LogP contribution >= 0.6 is 0 Å². The molecule has 0 fully saturated rings. The number of rotatable bonds is 8. The second kappa shape index (κ2) is 11.1. The number of para-hydroxylation sites is 1. The summed E-state index contributed by atoms with van der Waals surface area (Å²) < 4.78 is 10.5. The van der Waals surface area contributed by atoms with Gasteiger partial charge in [0, 0.05) is 36.6 Å². The summed E-state index contributed by atoms with van der Waals surface area (Å²) >= 11 is 0. The Morgan fingerprint density at radius 2 is 1.52 bits per heavy atom. The molecule has 182 valence electrons. The van der Waals surface area contributed by atoms with Gasteiger partial charge in [-0.2, -0.15) is 0 Å². The SMILES string of the molecule is CC(C)(C)OC(=O)NCCCNC(=O)C(Cc1c[nH]c2ccccc12)NC(=O)OC(C)(C)C. The number of aromatic amines is 1. The van der Waals surface area contributed by atoms with Crippen molar-refractivity contribution < 1.29 is 23.9 Å². The molecule has 0 saturated heterocycles. The Labute approximate surface area is 195 Å². The first-order chi connectivity index (χ1) is 15.3. The highest BCUT2D eigenvalue weighted by atomic mass is 16.6. The number of fused-ring (bicyclic) bond motifs is 1. The van der Waals surface area contributed by atoms with Crippen LogP contribution in [0.5, 0.6) is 0 Å². The van der Waals surface area contributed by atoms with E-state index in [-0.39, 0.29) is 5.91 Å². The predicted octanol–water partition coefficient (Wildman–Crippen LogP) is 3.63. The number of aromatic nitrogens is 1. The highest BCUT2D eigenvalue weighted by Crippen LogP contribution is 2.19. The molecule has 1 aromatic carbocycles. The maximum Gasteiger partial charge on any atom is 0.408 e. The first-order valence-electron chi connectivity index (χ1n) is 11.1. The van der Waals surface area contributed by atoms with Crippen molar-refractivity contribution in [2.24, 2.45) is 0 Å². The first-order valence-corrected chi connectivity index (χ1v) is 11.1. The lowest BCUT2D eigenvalue weighted by molar-refractivity contribution is -0.123. The third kappa shape index (κ3) is 9.43. The fourth-order valence-electron chi connectivity index (χ4n) is 3.11. The summed E-state index contributed by atoms with van der Waals surface area (Å²) in [7, 11) is 0.